The van der Waals surface area contributed by atoms with Gasteiger partial charge < -0.3 is 13.7 Å². The van der Waals surface area contributed by atoms with E-state index in [1.54, 1.807) is 95.3 Å². The number of benzene rings is 6. The lowest BCUT2D eigenvalue weighted by atomic mass is 9.70. The van der Waals surface area contributed by atoms with Crippen molar-refractivity contribution in [1.82, 2.24) is 3.12 Å². The van der Waals surface area contributed by atoms with Crippen LogP contribution in [0.3, 0.4) is 0 Å². The predicted molar refractivity (Wildman–Crippen MR) is 378 cm³/mol. The van der Waals surface area contributed by atoms with Crippen LogP contribution in [0.25, 0.3) is 0 Å². The Kier molecular flexibility index (Phi) is 26.8. The number of para-hydroxylation sites is 1. The van der Waals surface area contributed by atoms with Gasteiger partial charge in [0.2, 0.25) is 6.29 Å². The SMILES string of the molecule is CC(C)c1ccc(S(=O)(=O)OC2CC3CCC2(C)C3(C)C)cc1.CC(C)c1ccc(S(=O)(=O)OC2CCCCC2)cc1.CC(c1ccc(S(=O)(=O)N(S(=O)Oc2ccccc2)S(=O)(=O)c2ccccc2)cc1)C(C)(C)C(=O)OC1CO1.CCC(C)c1ccc(S(=O)(=O)OC(C)C)cc1. The molecule has 4 aliphatic rings. The molecule has 1 aliphatic heterocycles. The third-order valence-electron chi connectivity index (χ3n) is 19.4. The molecule has 0 radical (unpaired) electrons. The highest BCUT2D eigenvalue weighted by Crippen LogP contribution is 2.66. The third-order valence-corrected chi connectivity index (χ3v) is 29.8. The molecule has 1 heterocycles. The zero-order valence-corrected chi connectivity index (χ0v) is 63.4. The van der Waals surface area contributed by atoms with Gasteiger partial charge in [-0.2, -0.15) is 29.5 Å². The first-order chi connectivity index (χ1) is 45.8. The number of ether oxygens (including phenoxy) is 2. The Balaban J connectivity index is 0.000000196. The molecule has 98 heavy (non-hydrogen) atoms. The van der Waals surface area contributed by atoms with Crippen molar-refractivity contribution in [3.63, 3.8) is 0 Å². The summed E-state index contributed by atoms with van der Waals surface area (Å²) in [6, 6.07) is 40.8. The second-order valence-electron chi connectivity index (χ2n) is 27.7. The molecule has 0 amide bonds. The van der Waals surface area contributed by atoms with Crippen LogP contribution in [0.1, 0.15) is 201 Å². The maximum absolute atomic E-state index is 13.7. The average molecular weight is 1470 g/mol. The topological polar surface area (TPSA) is 267 Å². The Bertz CT molecular complexity index is 4220. The minimum absolute atomic E-state index is 0.00850. The molecule has 4 fully saturated rings. The van der Waals surface area contributed by atoms with Crippen LogP contribution in [-0.4, -0.2) is 86.6 Å². The molecule has 2 bridgehead atoms. The Morgan fingerprint density at radius 2 is 0.990 bits per heavy atom. The quantitative estimate of drug-likeness (QED) is 0.0309. The van der Waals surface area contributed by atoms with Crippen LogP contribution in [0.15, 0.2) is 182 Å². The van der Waals surface area contributed by atoms with Crippen molar-refractivity contribution in [2.24, 2.45) is 22.2 Å². The molecule has 6 aromatic rings. The number of sulfonamides is 2. The Labute approximate surface area is 586 Å². The molecule has 6 aromatic carbocycles. The summed E-state index contributed by atoms with van der Waals surface area (Å²) in [5, 5.41) is 0. The fraction of sp³-hybridized carbons (Fsp3) is 0.493. The van der Waals surface area contributed by atoms with Crippen LogP contribution in [0.5, 0.6) is 5.75 Å². The van der Waals surface area contributed by atoms with E-state index in [9.17, 15) is 51.1 Å². The minimum atomic E-state index is -4.92. The van der Waals surface area contributed by atoms with Gasteiger partial charge in [0.25, 0.3) is 50.4 Å². The lowest BCUT2D eigenvalue weighted by Crippen LogP contribution is -2.40. The van der Waals surface area contributed by atoms with Crippen molar-refractivity contribution in [1.29, 1.82) is 0 Å². The van der Waals surface area contributed by atoms with E-state index in [1.807, 2.05) is 36.4 Å². The number of hydrogen-bond donors (Lipinski definition) is 0. The van der Waals surface area contributed by atoms with Crippen molar-refractivity contribution < 1.29 is 77.3 Å². The van der Waals surface area contributed by atoms with Gasteiger partial charge in [0, 0.05) is 8.53 Å². The van der Waals surface area contributed by atoms with Crippen LogP contribution in [0, 0.1) is 22.2 Å². The predicted octanol–water partition coefficient (Wildman–Crippen LogP) is 15.6. The van der Waals surface area contributed by atoms with Crippen LogP contribution in [-0.2, 0) is 88.5 Å². The first kappa shape index (κ1) is 79.6. The van der Waals surface area contributed by atoms with E-state index in [0.29, 0.717) is 35.8 Å². The van der Waals surface area contributed by atoms with E-state index in [2.05, 4.69) is 62.3 Å². The Hall–Kier alpha value is -5.71. The molecule has 10 rings (SSSR count). The summed E-state index contributed by atoms with van der Waals surface area (Å²) in [6.45, 7) is 28.2. The summed E-state index contributed by atoms with van der Waals surface area (Å²) in [4.78, 5) is 12.5. The second kappa shape index (κ2) is 32.9. The van der Waals surface area contributed by atoms with Gasteiger partial charge in [-0.05, 0) is 196 Å². The van der Waals surface area contributed by atoms with E-state index in [4.69, 9.17) is 26.2 Å². The van der Waals surface area contributed by atoms with Crippen LogP contribution in [0.2, 0.25) is 0 Å². The molecule has 25 heteroatoms. The van der Waals surface area contributed by atoms with Crippen molar-refractivity contribution in [2.75, 3.05) is 6.61 Å². The second-order valence-corrected chi connectivity index (χ2v) is 37.6. The molecule has 7 unspecified atom stereocenters. The van der Waals surface area contributed by atoms with Gasteiger partial charge in [-0.3, -0.25) is 17.3 Å². The Morgan fingerprint density at radius 3 is 1.42 bits per heavy atom. The molecule has 0 aromatic heterocycles. The van der Waals surface area contributed by atoms with Crippen molar-refractivity contribution in [2.45, 2.75) is 227 Å². The highest BCUT2D eigenvalue weighted by Gasteiger charge is 2.63. The standard InChI is InChI=1S/C26H27NO9S3.C19H28O3S.C15H22O3S.C13H20O3S/c1-19(26(2,3)25(28)35-24-18-34-24)20-14-16-23(17-15-20)39(32,33)27(37(29)36-21-10-6-4-7-11-21)38(30,31)22-12-8-5-9-13-22;1-13(2)14-6-8-16(9-7-14)23(20,21)22-17-12-15-10-11-19(17,5)18(15,3)4;1-12(2)13-8-10-15(11-9-13)19(16,17)18-14-6-4-3-5-7-14;1-5-11(4)12-6-8-13(9-7-12)17(14,15)16-10(2)3/h4-17,19,24H,18H2,1-3H3;6-9,13,15,17H,10-12H2,1-5H3;8-12,14H,3-7H2,1-2H3;6-11H,5H2,1-4H3. The molecule has 3 saturated carbocycles. The van der Waals surface area contributed by atoms with E-state index >= 15 is 0 Å². The van der Waals surface area contributed by atoms with Crippen LogP contribution >= 0.6 is 0 Å². The van der Waals surface area contributed by atoms with Crippen molar-refractivity contribution in [3.8, 4) is 5.75 Å². The third kappa shape index (κ3) is 19.7. The summed E-state index contributed by atoms with van der Waals surface area (Å²) in [6.07, 6.45) is 7.91. The number of fused-ring (bicyclic) bond motifs is 2. The van der Waals surface area contributed by atoms with E-state index in [-0.39, 0.29) is 57.6 Å². The van der Waals surface area contributed by atoms with Crippen molar-refractivity contribution >= 4 is 67.6 Å². The number of esters is 1. The van der Waals surface area contributed by atoms with Gasteiger partial charge in [-0.15, -0.1) is 0 Å². The minimum Gasteiger partial charge on any atom is -0.433 e. The first-order valence-electron chi connectivity index (χ1n) is 33.3. The van der Waals surface area contributed by atoms with Gasteiger partial charge in [0.1, 0.15) is 12.4 Å². The van der Waals surface area contributed by atoms with Crippen LogP contribution < -0.4 is 4.18 Å². The zero-order valence-electron chi connectivity index (χ0n) is 58.5. The van der Waals surface area contributed by atoms with Gasteiger partial charge >= 0.3 is 17.2 Å². The molecule has 0 N–H and O–H groups in total. The number of rotatable bonds is 24. The van der Waals surface area contributed by atoms with Gasteiger partial charge in [-0.25, -0.2) is 16.8 Å². The summed E-state index contributed by atoms with van der Waals surface area (Å²) in [5.74, 6) is 0.930. The number of epoxide rings is 1. The highest BCUT2D eigenvalue weighted by atomic mass is 32.3. The molecular weight excluding hydrogens is 1370 g/mol. The number of hydrogen-bond acceptors (Lipinski definition) is 18. The molecule has 19 nitrogen and oxygen atoms in total. The molecule has 538 valence electrons. The lowest BCUT2D eigenvalue weighted by molar-refractivity contribution is -0.160. The normalized spacial score (nSPS) is 20.4. The van der Waals surface area contributed by atoms with Gasteiger partial charge in [0.15, 0.2) is 0 Å². The molecule has 0 spiro atoms. The van der Waals surface area contributed by atoms with Gasteiger partial charge in [0.05, 0.1) is 48.2 Å². The maximum atomic E-state index is 13.7. The largest absolute Gasteiger partial charge is 0.433 e. The summed E-state index contributed by atoms with van der Waals surface area (Å²) in [5.41, 5.74) is 3.15. The molecule has 3 aliphatic carbocycles. The number of nitrogens with zero attached hydrogens (tertiary/aromatic N) is 1. The summed E-state index contributed by atoms with van der Waals surface area (Å²) < 4.78 is 172. The van der Waals surface area contributed by atoms with Crippen molar-refractivity contribution in [3.05, 3.63) is 180 Å². The highest BCUT2D eigenvalue weighted by molar-refractivity contribution is 8.14. The first-order valence-corrected chi connectivity index (χ1v) is 41.4. The monoisotopic (exact) mass is 1470 g/mol. The average Bonchev–Trinajstić information content (AvgIpc) is 1.53. The maximum Gasteiger partial charge on any atom is 0.320 e. The van der Waals surface area contributed by atoms with E-state index < -0.39 is 90.2 Å². The van der Waals surface area contributed by atoms with Gasteiger partial charge in [-0.1, -0.05) is 173 Å². The number of carbonyl (C=O) groups is 1. The van der Waals surface area contributed by atoms with E-state index in [0.717, 1.165) is 61.6 Å². The fourth-order valence-corrected chi connectivity index (χ4v) is 20.6. The zero-order chi connectivity index (χ0) is 72.4. The molecule has 7 atom stereocenters. The summed E-state index contributed by atoms with van der Waals surface area (Å²) in [7, 11) is -20.7. The summed E-state index contributed by atoms with van der Waals surface area (Å²) >= 11 is -3.00. The molecule has 1 saturated heterocycles. The fourth-order valence-electron chi connectivity index (χ4n) is 12.0. The lowest BCUT2D eigenvalue weighted by Gasteiger charge is -2.38. The van der Waals surface area contributed by atoms with E-state index in [1.165, 1.54) is 73.5 Å². The Morgan fingerprint density at radius 1 is 0.561 bits per heavy atom. The van der Waals surface area contributed by atoms with Crippen LogP contribution in [0.4, 0.5) is 0 Å². The number of carbonyl (C=O) groups excluding carboxylic acids is 1. The molecular formula is C73H97NO18S6. The smallest absolute Gasteiger partial charge is 0.320 e.